The molecule has 3 heteroatoms. The van der Waals surface area contributed by atoms with Crippen molar-refractivity contribution in [2.75, 3.05) is 0 Å². The molecule has 0 spiro atoms. The predicted molar refractivity (Wildman–Crippen MR) is 93.1 cm³/mol. The highest BCUT2D eigenvalue weighted by Crippen LogP contribution is 2.19. The second-order valence-electron chi connectivity index (χ2n) is 6.22. The van der Waals surface area contributed by atoms with Crippen LogP contribution in [0, 0.1) is 13.8 Å². The van der Waals surface area contributed by atoms with Crippen molar-refractivity contribution in [3.05, 3.63) is 15.6 Å². The normalized spacial score (nSPS) is 12.8. The topological polar surface area (TPSA) is 33.1 Å². The molecule has 21 heavy (non-hydrogen) atoms. The van der Waals surface area contributed by atoms with Gasteiger partial charge in [0.05, 0.1) is 16.8 Å². The van der Waals surface area contributed by atoms with Gasteiger partial charge in [0.15, 0.2) is 0 Å². The quantitative estimate of drug-likeness (QED) is 0.511. The molecule has 0 saturated heterocycles. The van der Waals surface area contributed by atoms with Gasteiger partial charge in [0.2, 0.25) is 0 Å². The van der Waals surface area contributed by atoms with Gasteiger partial charge >= 0.3 is 0 Å². The SMILES string of the molecule is CCCCCCCCCCCC(O)Cc1nc(C)c(C)s1. The van der Waals surface area contributed by atoms with Gasteiger partial charge < -0.3 is 5.11 Å². The van der Waals surface area contributed by atoms with Gasteiger partial charge in [-0.15, -0.1) is 11.3 Å². The lowest BCUT2D eigenvalue weighted by Gasteiger charge is -2.08. The van der Waals surface area contributed by atoms with Crippen LogP contribution in [0.3, 0.4) is 0 Å². The van der Waals surface area contributed by atoms with Crippen molar-refractivity contribution in [1.82, 2.24) is 4.98 Å². The molecule has 1 unspecified atom stereocenters. The Morgan fingerprint density at radius 2 is 1.52 bits per heavy atom. The van der Waals surface area contributed by atoms with Crippen molar-refractivity contribution in [2.24, 2.45) is 0 Å². The maximum Gasteiger partial charge on any atom is 0.0956 e. The molecule has 1 rings (SSSR count). The van der Waals surface area contributed by atoms with Crippen LogP contribution in [0.2, 0.25) is 0 Å². The van der Waals surface area contributed by atoms with Crippen molar-refractivity contribution in [2.45, 2.75) is 97.5 Å². The second kappa shape index (κ2) is 11.2. The highest BCUT2D eigenvalue weighted by atomic mass is 32.1. The monoisotopic (exact) mass is 311 g/mol. The van der Waals surface area contributed by atoms with E-state index in [9.17, 15) is 5.11 Å². The van der Waals surface area contributed by atoms with Crippen molar-refractivity contribution in [3.63, 3.8) is 0 Å². The van der Waals surface area contributed by atoms with Gasteiger partial charge in [0.25, 0.3) is 0 Å². The van der Waals surface area contributed by atoms with Gasteiger partial charge in [0.1, 0.15) is 0 Å². The van der Waals surface area contributed by atoms with E-state index in [-0.39, 0.29) is 6.10 Å². The van der Waals surface area contributed by atoms with E-state index < -0.39 is 0 Å². The van der Waals surface area contributed by atoms with Crippen LogP contribution in [-0.2, 0) is 6.42 Å². The van der Waals surface area contributed by atoms with Crippen LogP contribution in [0.25, 0.3) is 0 Å². The van der Waals surface area contributed by atoms with Crippen LogP contribution in [0.15, 0.2) is 0 Å². The van der Waals surface area contributed by atoms with Gasteiger partial charge in [-0.1, -0.05) is 64.7 Å². The summed E-state index contributed by atoms with van der Waals surface area (Å²) < 4.78 is 0. The first kappa shape index (κ1) is 18.6. The molecule has 1 atom stereocenters. The Morgan fingerprint density at radius 1 is 0.952 bits per heavy atom. The molecule has 0 aliphatic rings. The van der Waals surface area contributed by atoms with Gasteiger partial charge in [-0.25, -0.2) is 4.98 Å². The Balaban J connectivity index is 1.97. The van der Waals surface area contributed by atoms with Crippen molar-refractivity contribution >= 4 is 11.3 Å². The largest absolute Gasteiger partial charge is 0.393 e. The zero-order valence-corrected chi connectivity index (χ0v) is 15.0. The lowest BCUT2D eigenvalue weighted by molar-refractivity contribution is 0.160. The van der Waals surface area contributed by atoms with Crippen LogP contribution in [-0.4, -0.2) is 16.2 Å². The van der Waals surface area contributed by atoms with E-state index in [1.807, 2.05) is 6.92 Å². The van der Waals surface area contributed by atoms with Crippen molar-refractivity contribution < 1.29 is 5.11 Å². The fourth-order valence-electron chi connectivity index (χ4n) is 2.62. The fourth-order valence-corrected chi connectivity index (χ4v) is 3.63. The molecule has 0 aliphatic carbocycles. The molecular formula is C18H33NOS. The van der Waals surface area contributed by atoms with Gasteiger partial charge in [0, 0.05) is 11.3 Å². The smallest absolute Gasteiger partial charge is 0.0956 e. The van der Waals surface area contributed by atoms with Crippen molar-refractivity contribution in [3.8, 4) is 0 Å². The number of thiazole rings is 1. The molecule has 2 nitrogen and oxygen atoms in total. The molecule has 0 aliphatic heterocycles. The number of aliphatic hydroxyl groups is 1. The third-order valence-electron chi connectivity index (χ3n) is 4.12. The molecule has 0 bridgehead atoms. The Labute approximate surface area is 135 Å². The molecule has 0 amide bonds. The van der Waals surface area contributed by atoms with Gasteiger partial charge in [-0.05, 0) is 20.3 Å². The number of nitrogens with zero attached hydrogens (tertiary/aromatic N) is 1. The number of aryl methyl sites for hydroxylation is 2. The van der Waals surface area contributed by atoms with Gasteiger partial charge in [-0.3, -0.25) is 0 Å². The first-order valence-corrected chi connectivity index (χ1v) is 9.56. The van der Waals surface area contributed by atoms with E-state index >= 15 is 0 Å². The number of aromatic nitrogens is 1. The van der Waals surface area contributed by atoms with Crippen LogP contribution in [0.1, 0.15) is 86.7 Å². The van der Waals surface area contributed by atoms with Crippen LogP contribution >= 0.6 is 11.3 Å². The summed E-state index contributed by atoms with van der Waals surface area (Å²) in [5.41, 5.74) is 1.12. The number of rotatable bonds is 12. The van der Waals surface area contributed by atoms with E-state index in [0.717, 1.165) is 30.0 Å². The third-order valence-corrected chi connectivity index (χ3v) is 5.22. The molecule has 1 aromatic rings. The molecule has 0 aromatic carbocycles. The Bertz CT molecular complexity index is 356. The molecule has 0 fully saturated rings. The predicted octanol–water partition coefficient (Wildman–Crippen LogP) is 5.58. The summed E-state index contributed by atoms with van der Waals surface area (Å²) in [5.74, 6) is 0. The highest BCUT2D eigenvalue weighted by Gasteiger charge is 2.10. The first-order chi connectivity index (χ1) is 10.1. The molecule has 1 aromatic heterocycles. The van der Waals surface area contributed by atoms with E-state index in [4.69, 9.17) is 0 Å². The molecular weight excluding hydrogens is 278 g/mol. The highest BCUT2D eigenvalue weighted by molar-refractivity contribution is 7.11. The number of aliphatic hydroxyl groups excluding tert-OH is 1. The van der Waals surface area contributed by atoms with Crippen LogP contribution in [0.4, 0.5) is 0 Å². The fraction of sp³-hybridized carbons (Fsp3) is 0.833. The summed E-state index contributed by atoms with van der Waals surface area (Å²) in [7, 11) is 0. The summed E-state index contributed by atoms with van der Waals surface area (Å²) in [6.07, 6.45) is 13.5. The van der Waals surface area contributed by atoms with Crippen molar-refractivity contribution in [1.29, 1.82) is 0 Å². The average molecular weight is 312 g/mol. The van der Waals surface area contributed by atoms with E-state index in [0.29, 0.717) is 0 Å². The molecule has 1 heterocycles. The third kappa shape index (κ3) is 8.57. The first-order valence-electron chi connectivity index (χ1n) is 8.74. The standard InChI is InChI=1S/C18H33NOS/c1-4-5-6-7-8-9-10-11-12-13-17(20)14-18-19-15(2)16(3)21-18/h17,20H,4-14H2,1-3H3. The number of hydrogen-bond donors (Lipinski definition) is 1. The summed E-state index contributed by atoms with van der Waals surface area (Å²) in [4.78, 5) is 5.78. The minimum absolute atomic E-state index is 0.209. The lowest BCUT2D eigenvalue weighted by Crippen LogP contribution is -2.10. The summed E-state index contributed by atoms with van der Waals surface area (Å²) in [5, 5.41) is 11.2. The zero-order chi connectivity index (χ0) is 15.5. The molecule has 0 saturated carbocycles. The Kier molecular flexibility index (Phi) is 9.94. The summed E-state index contributed by atoms with van der Waals surface area (Å²) in [6.45, 7) is 6.41. The van der Waals surface area contributed by atoms with Crippen LogP contribution in [0.5, 0.6) is 0 Å². The second-order valence-corrected chi connectivity index (χ2v) is 7.51. The zero-order valence-electron chi connectivity index (χ0n) is 14.2. The minimum Gasteiger partial charge on any atom is -0.393 e. The molecule has 1 N–H and O–H groups in total. The number of hydrogen-bond acceptors (Lipinski definition) is 3. The summed E-state index contributed by atoms with van der Waals surface area (Å²) in [6, 6.07) is 0. The van der Waals surface area contributed by atoms with E-state index in [1.165, 1.54) is 56.2 Å². The maximum absolute atomic E-state index is 10.1. The Hall–Kier alpha value is -0.410. The number of unbranched alkanes of at least 4 members (excludes halogenated alkanes) is 8. The molecule has 0 radical (unpaired) electrons. The minimum atomic E-state index is -0.209. The lowest BCUT2D eigenvalue weighted by atomic mass is 10.0. The van der Waals surface area contributed by atoms with Crippen LogP contribution < -0.4 is 0 Å². The van der Waals surface area contributed by atoms with Gasteiger partial charge in [-0.2, -0.15) is 0 Å². The average Bonchev–Trinajstić information content (AvgIpc) is 2.75. The van der Waals surface area contributed by atoms with E-state index in [1.54, 1.807) is 11.3 Å². The maximum atomic E-state index is 10.1. The Morgan fingerprint density at radius 3 is 2.05 bits per heavy atom. The summed E-state index contributed by atoms with van der Waals surface area (Å²) >= 11 is 1.73. The van der Waals surface area contributed by atoms with E-state index in [2.05, 4.69) is 18.8 Å². The molecule has 122 valence electrons.